The number of anilines is 3. The van der Waals surface area contributed by atoms with Crippen LogP contribution in [0.4, 0.5) is 25.8 Å². The molecular formula is C23H17F2N3O2. The van der Waals surface area contributed by atoms with Crippen molar-refractivity contribution < 1.29 is 18.4 Å². The molecule has 5 rings (SSSR count). The van der Waals surface area contributed by atoms with E-state index >= 15 is 0 Å². The molecule has 150 valence electrons. The molecule has 1 saturated heterocycles. The van der Waals surface area contributed by atoms with E-state index in [1.807, 2.05) is 18.2 Å². The highest BCUT2D eigenvalue weighted by Gasteiger charge is 2.48. The van der Waals surface area contributed by atoms with Crippen LogP contribution in [-0.4, -0.2) is 17.9 Å². The Balaban J connectivity index is 1.76. The quantitative estimate of drug-likeness (QED) is 0.694. The molecular weight excluding hydrogens is 388 g/mol. The van der Waals surface area contributed by atoms with Crippen molar-refractivity contribution in [2.24, 2.45) is 0 Å². The van der Waals surface area contributed by atoms with Crippen LogP contribution < -0.4 is 15.1 Å². The van der Waals surface area contributed by atoms with Gasteiger partial charge in [0.2, 0.25) is 11.8 Å². The first kappa shape index (κ1) is 18.3. The van der Waals surface area contributed by atoms with Crippen molar-refractivity contribution >= 4 is 28.9 Å². The summed E-state index contributed by atoms with van der Waals surface area (Å²) in [7, 11) is 0. The maximum atomic E-state index is 15.0. The van der Waals surface area contributed by atoms with Gasteiger partial charge in [0, 0.05) is 17.3 Å². The molecule has 0 spiro atoms. The predicted octanol–water partition coefficient (Wildman–Crippen LogP) is 4.23. The largest absolute Gasteiger partial charge is 0.332 e. The van der Waals surface area contributed by atoms with Crippen LogP contribution in [0.1, 0.15) is 18.2 Å². The standard InChI is InChI=1S/C23H17F2N3O2/c24-14-10-11-16(17(25)12-14)23-27(15-6-2-1-3-7-15)21(29)13-20-22(30)26-18-8-4-5-9-19(18)28(20)23/h1-12,20,23H,13H2,(H,26,30)/t20-,23-/m0/s1. The molecule has 2 aliphatic rings. The molecule has 30 heavy (non-hydrogen) atoms. The van der Waals surface area contributed by atoms with Gasteiger partial charge in [-0.15, -0.1) is 0 Å². The normalized spacial score (nSPS) is 20.5. The molecule has 0 aliphatic carbocycles. The van der Waals surface area contributed by atoms with Crippen LogP contribution in [0.2, 0.25) is 0 Å². The molecule has 0 saturated carbocycles. The van der Waals surface area contributed by atoms with Crippen molar-refractivity contribution in [3.63, 3.8) is 0 Å². The lowest BCUT2D eigenvalue weighted by Crippen LogP contribution is -2.61. The van der Waals surface area contributed by atoms with Gasteiger partial charge in [-0.2, -0.15) is 0 Å². The van der Waals surface area contributed by atoms with Crippen LogP contribution in [0.15, 0.2) is 72.8 Å². The fraction of sp³-hybridized carbons (Fsp3) is 0.130. The first-order valence-electron chi connectivity index (χ1n) is 9.55. The van der Waals surface area contributed by atoms with Crippen LogP contribution in [-0.2, 0) is 9.59 Å². The minimum Gasteiger partial charge on any atom is -0.332 e. The second kappa shape index (κ2) is 6.95. The Labute approximate surface area is 171 Å². The SMILES string of the molecule is O=C1Nc2ccccc2N2[C@H]1CC(=O)N(c1ccccc1)[C@@H]2c1ccc(F)cc1F. The van der Waals surface area contributed by atoms with Gasteiger partial charge in [0.05, 0.1) is 17.8 Å². The average Bonchev–Trinajstić information content (AvgIpc) is 2.74. The number of rotatable bonds is 2. The van der Waals surface area contributed by atoms with Crippen molar-refractivity contribution in [1.82, 2.24) is 0 Å². The number of hydrogen-bond donors (Lipinski definition) is 1. The molecule has 2 amide bonds. The minimum absolute atomic E-state index is 0.0611. The van der Waals surface area contributed by atoms with Crippen molar-refractivity contribution in [1.29, 1.82) is 0 Å². The summed E-state index contributed by atoms with van der Waals surface area (Å²) in [6.07, 6.45) is -1.01. The van der Waals surface area contributed by atoms with E-state index < -0.39 is 23.8 Å². The Kier molecular flexibility index (Phi) is 4.24. The van der Waals surface area contributed by atoms with E-state index in [2.05, 4.69) is 5.32 Å². The summed E-state index contributed by atoms with van der Waals surface area (Å²) in [5, 5.41) is 2.82. The lowest BCUT2D eigenvalue weighted by atomic mass is 9.95. The van der Waals surface area contributed by atoms with E-state index in [4.69, 9.17) is 0 Å². The minimum atomic E-state index is -0.952. The molecule has 0 radical (unpaired) electrons. The molecule has 3 aromatic rings. The third-order valence-corrected chi connectivity index (χ3v) is 5.50. The zero-order valence-electron chi connectivity index (χ0n) is 15.8. The third-order valence-electron chi connectivity index (χ3n) is 5.50. The second-order valence-corrected chi connectivity index (χ2v) is 7.27. The average molecular weight is 405 g/mol. The number of hydrogen-bond acceptors (Lipinski definition) is 3. The molecule has 2 aliphatic heterocycles. The maximum absolute atomic E-state index is 15.0. The van der Waals surface area contributed by atoms with Gasteiger partial charge in [-0.3, -0.25) is 14.5 Å². The Morgan fingerprint density at radius 1 is 0.900 bits per heavy atom. The Morgan fingerprint density at radius 3 is 2.40 bits per heavy atom. The maximum Gasteiger partial charge on any atom is 0.247 e. The number of amides is 2. The van der Waals surface area contributed by atoms with Crippen LogP contribution in [0.5, 0.6) is 0 Å². The topological polar surface area (TPSA) is 52.7 Å². The van der Waals surface area contributed by atoms with Gasteiger partial charge in [-0.05, 0) is 36.4 Å². The van der Waals surface area contributed by atoms with E-state index in [1.54, 1.807) is 41.3 Å². The third kappa shape index (κ3) is 2.82. The van der Waals surface area contributed by atoms with Crippen molar-refractivity contribution in [2.45, 2.75) is 18.6 Å². The molecule has 1 N–H and O–H groups in total. The van der Waals surface area contributed by atoms with Gasteiger partial charge in [0.25, 0.3) is 0 Å². The monoisotopic (exact) mass is 405 g/mol. The fourth-order valence-electron chi connectivity index (χ4n) is 4.21. The van der Waals surface area contributed by atoms with Crippen LogP contribution >= 0.6 is 0 Å². The Morgan fingerprint density at radius 2 is 1.63 bits per heavy atom. The smallest absolute Gasteiger partial charge is 0.247 e. The molecule has 0 bridgehead atoms. The number of fused-ring (bicyclic) bond motifs is 3. The van der Waals surface area contributed by atoms with Gasteiger partial charge in [0.1, 0.15) is 23.8 Å². The molecule has 1 fully saturated rings. The predicted molar refractivity (Wildman–Crippen MR) is 109 cm³/mol. The summed E-state index contributed by atoms with van der Waals surface area (Å²) in [4.78, 5) is 29.2. The first-order chi connectivity index (χ1) is 14.5. The number of halogens is 2. The molecule has 2 atom stereocenters. The van der Waals surface area contributed by atoms with Crippen molar-refractivity contribution in [3.8, 4) is 0 Å². The van der Waals surface area contributed by atoms with E-state index in [0.717, 1.165) is 12.1 Å². The van der Waals surface area contributed by atoms with Gasteiger partial charge in [0.15, 0.2) is 0 Å². The highest BCUT2D eigenvalue weighted by Crippen LogP contribution is 2.45. The number of carbonyl (C=O) groups excluding carboxylic acids is 2. The first-order valence-corrected chi connectivity index (χ1v) is 9.55. The molecule has 3 aromatic carbocycles. The van der Waals surface area contributed by atoms with Gasteiger partial charge in [-0.25, -0.2) is 8.78 Å². The summed E-state index contributed by atoms with van der Waals surface area (Å²) in [5.41, 5.74) is 1.93. The number of benzene rings is 3. The summed E-state index contributed by atoms with van der Waals surface area (Å²) in [5.74, 6) is -2.14. The van der Waals surface area contributed by atoms with Crippen LogP contribution in [0.25, 0.3) is 0 Å². The summed E-state index contributed by atoms with van der Waals surface area (Å²) < 4.78 is 28.6. The second-order valence-electron chi connectivity index (χ2n) is 7.27. The lowest BCUT2D eigenvalue weighted by Gasteiger charge is -2.50. The molecule has 2 heterocycles. The van der Waals surface area contributed by atoms with Crippen LogP contribution in [0, 0.1) is 11.6 Å². The zero-order chi connectivity index (χ0) is 20.8. The summed E-state index contributed by atoms with van der Waals surface area (Å²) >= 11 is 0. The molecule has 5 nitrogen and oxygen atoms in total. The van der Waals surface area contributed by atoms with E-state index in [-0.39, 0.29) is 23.8 Å². The van der Waals surface area contributed by atoms with Crippen molar-refractivity contribution in [3.05, 3.63) is 90.0 Å². The number of carbonyl (C=O) groups is 2. The van der Waals surface area contributed by atoms with E-state index in [1.165, 1.54) is 11.0 Å². The zero-order valence-corrected chi connectivity index (χ0v) is 15.8. The number of para-hydroxylation sites is 3. The highest BCUT2D eigenvalue weighted by atomic mass is 19.1. The highest BCUT2D eigenvalue weighted by molar-refractivity contribution is 6.09. The Hall–Kier alpha value is -3.74. The molecule has 0 unspecified atom stereocenters. The summed E-state index contributed by atoms with van der Waals surface area (Å²) in [6, 6.07) is 18.5. The van der Waals surface area contributed by atoms with Gasteiger partial charge < -0.3 is 10.2 Å². The lowest BCUT2D eigenvalue weighted by molar-refractivity contribution is -0.126. The molecule has 0 aromatic heterocycles. The van der Waals surface area contributed by atoms with Gasteiger partial charge >= 0.3 is 0 Å². The fourth-order valence-corrected chi connectivity index (χ4v) is 4.21. The van der Waals surface area contributed by atoms with E-state index in [0.29, 0.717) is 17.1 Å². The molecule has 7 heteroatoms. The van der Waals surface area contributed by atoms with Crippen molar-refractivity contribution in [2.75, 3.05) is 15.1 Å². The number of nitrogens with one attached hydrogen (secondary N) is 1. The van der Waals surface area contributed by atoms with E-state index in [9.17, 15) is 18.4 Å². The summed E-state index contributed by atoms with van der Waals surface area (Å²) in [6.45, 7) is 0. The van der Waals surface area contributed by atoms with Gasteiger partial charge in [-0.1, -0.05) is 30.3 Å². The Bertz CT molecular complexity index is 1150. The van der Waals surface area contributed by atoms with Crippen LogP contribution in [0.3, 0.4) is 0 Å². The number of nitrogens with zero attached hydrogens (tertiary/aromatic N) is 2.